The average Bonchev–Trinajstić information content (AvgIpc) is 2.92. The van der Waals surface area contributed by atoms with Crippen LogP contribution in [0.3, 0.4) is 0 Å². The fourth-order valence-electron chi connectivity index (χ4n) is 5.48. The number of benzene rings is 2. The summed E-state index contributed by atoms with van der Waals surface area (Å²) in [4.78, 5) is 29.6. The Balaban J connectivity index is 1.23. The molecule has 0 aliphatic heterocycles. The first-order valence-corrected chi connectivity index (χ1v) is 14.0. The molecule has 1 amide bonds. The van der Waals surface area contributed by atoms with Gasteiger partial charge in [-0.25, -0.2) is 4.39 Å². The molecular weight excluding hydrogens is 483 g/mol. The van der Waals surface area contributed by atoms with Crippen molar-refractivity contribution >= 4 is 16.8 Å². The van der Waals surface area contributed by atoms with Crippen molar-refractivity contribution in [2.24, 2.45) is 0 Å². The molecule has 4 rings (SSSR count). The second-order valence-electron chi connectivity index (χ2n) is 10.3. The Morgan fingerprint density at radius 1 is 1.00 bits per heavy atom. The molecule has 7 heteroatoms. The van der Waals surface area contributed by atoms with E-state index in [-0.39, 0.29) is 23.0 Å². The van der Waals surface area contributed by atoms with Crippen LogP contribution in [0.25, 0.3) is 10.9 Å². The number of pyridine rings is 1. The van der Waals surface area contributed by atoms with Gasteiger partial charge in [0.25, 0.3) is 0 Å². The number of aromatic hydroxyl groups is 1. The summed E-state index contributed by atoms with van der Waals surface area (Å²) in [7, 11) is 0. The molecule has 6 nitrogen and oxygen atoms in total. The fraction of sp³-hybridized carbons (Fsp3) is 0.484. The first-order chi connectivity index (χ1) is 18.5. The van der Waals surface area contributed by atoms with Crippen molar-refractivity contribution in [1.82, 2.24) is 9.88 Å². The number of rotatable bonds is 13. The van der Waals surface area contributed by atoms with Gasteiger partial charge < -0.3 is 19.7 Å². The summed E-state index contributed by atoms with van der Waals surface area (Å²) in [6, 6.07) is 13.7. The number of carbonyl (C=O) groups excluding carboxylic acids is 1. The first kappa shape index (κ1) is 27.8. The van der Waals surface area contributed by atoms with Crippen LogP contribution < -0.4 is 5.56 Å². The zero-order chi connectivity index (χ0) is 26.7. The van der Waals surface area contributed by atoms with Gasteiger partial charge in [-0.1, -0.05) is 43.9 Å². The van der Waals surface area contributed by atoms with Crippen molar-refractivity contribution in [2.45, 2.75) is 76.7 Å². The highest BCUT2D eigenvalue weighted by Crippen LogP contribution is 2.27. The highest BCUT2D eigenvalue weighted by Gasteiger charge is 2.24. The molecule has 0 unspecified atom stereocenters. The Hall–Kier alpha value is -3.19. The lowest BCUT2D eigenvalue weighted by molar-refractivity contribution is -0.135. The van der Waals surface area contributed by atoms with Crippen LogP contribution in [0.1, 0.15) is 68.9 Å². The zero-order valence-electron chi connectivity index (χ0n) is 22.1. The van der Waals surface area contributed by atoms with Gasteiger partial charge >= 0.3 is 0 Å². The molecule has 204 valence electrons. The monoisotopic (exact) mass is 522 g/mol. The van der Waals surface area contributed by atoms with Crippen molar-refractivity contribution in [3.05, 3.63) is 75.8 Å². The lowest BCUT2D eigenvalue weighted by Crippen LogP contribution is -2.42. The molecule has 1 saturated carbocycles. The number of aromatic amines is 1. The van der Waals surface area contributed by atoms with E-state index in [0.29, 0.717) is 37.6 Å². The normalized spacial score (nSPS) is 14.1. The summed E-state index contributed by atoms with van der Waals surface area (Å²) in [5.74, 6) is 0.00530. The molecule has 38 heavy (non-hydrogen) atoms. The van der Waals surface area contributed by atoms with Gasteiger partial charge in [-0.2, -0.15) is 0 Å². The quantitative estimate of drug-likeness (QED) is 0.274. The summed E-state index contributed by atoms with van der Waals surface area (Å²) in [5.41, 5.74) is 2.26. The number of nitrogens with one attached hydrogen (secondary N) is 1. The number of halogens is 1. The number of amides is 1. The number of H-pyrrole nitrogens is 1. The molecule has 0 saturated heterocycles. The molecule has 1 aliphatic rings. The van der Waals surface area contributed by atoms with Crippen LogP contribution in [0, 0.1) is 5.82 Å². The van der Waals surface area contributed by atoms with E-state index in [0.717, 1.165) is 61.6 Å². The second-order valence-corrected chi connectivity index (χ2v) is 10.3. The molecule has 1 fully saturated rings. The topological polar surface area (TPSA) is 82.6 Å². The van der Waals surface area contributed by atoms with Gasteiger partial charge in [0.1, 0.15) is 11.6 Å². The third-order valence-corrected chi connectivity index (χ3v) is 7.53. The van der Waals surface area contributed by atoms with E-state index < -0.39 is 0 Å². The number of unbranched alkanes of at least 4 members (excludes halogenated alkanes) is 2. The van der Waals surface area contributed by atoms with Crippen LogP contribution in [-0.2, 0) is 22.4 Å². The zero-order valence-corrected chi connectivity index (χ0v) is 22.1. The minimum Gasteiger partial charge on any atom is -0.506 e. The summed E-state index contributed by atoms with van der Waals surface area (Å²) < 4.78 is 19.0. The number of phenols is 1. The second kappa shape index (κ2) is 14.1. The molecule has 2 N–H and O–H groups in total. The van der Waals surface area contributed by atoms with Gasteiger partial charge in [0.15, 0.2) is 0 Å². The number of hydrogen-bond acceptors (Lipinski definition) is 4. The predicted octanol–water partition coefficient (Wildman–Crippen LogP) is 5.90. The Kier molecular flexibility index (Phi) is 10.3. The van der Waals surface area contributed by atoms with Gasteiger partial charge in [-0.3, -0.25) is 9.59 Å². The van der Waals surface area contributed by atoms with Crippen molar-refractivity contribution in [3.63, 3.8) is 0 Å². The molecule has 0 spiro atoms. The highest BCUT2D eigenvalue weighted by molar-refractivity contribution is 5.87. The van der Waals surface area contributed by atoms with Gasteiger partial charge in [0.05, 0.1) is 25.2 Å². The lowest BCUT2D eigenvalue weighted by atomic mass is 9.93. The third kappa shape index (κ3) is 7.90. The molecule has 2 aromatic carbocycles. The number of phenolic OH excluding ortho intramolecular Hbond substituents is 1. The van der Waals surface area contributed by atoms with Crippen molar-refractivity contribution in [3.8, 4) is 5.75 Å². The first-order valence-electron chi connectivity index (χ1n) is 14.0. The number of aromatic nitrogens is 1. The maximum Gasteiger partial charge on any atom is 0.248 e. The van der Waals surface area contributed by atoms with Crippen LogP contribution in [-0.4, -0.2) is 46.7 Å². The van der Waals surface area contributed by atoms with Gasteiger partial charge in [0, 0.05) is 24.0 Å². The number of ether oxygens (including phenoxy) is 1. The Morgan fingerprint density at radius 3 is 2.66 bits per heavy atom. The Morgan fingerprint density at radius 2 is 1.84 bits per heavy atom. The van der Waals surface area contributed by atoms with Gasteiger partial charge in [-0.15, -0.1) is 0 Å². The molecule has 0 bridgehead atoms. The number of aryl methyl sites for hydroxylation is 1. The number of carbonyl (C=O) groups is 1. The number of nitrogens with zero attached hydrogens (tertiary/aromatic N) is 1. The molecule has 1 heterocycles. The van der Waals surface area contributed by atoms with E-state index in [2.05, 4.69) is 9.88 Å². The molecule has 0 radical (unpaired) electrons. The van der Waals surface area contributed by atoms with Crippen LogP contribution in [0.2, 0.25) is 0 Å². The summed E-state index contributed by atoms with van der Waals surface area (Å²) in [6.07, 6.45) is 10.5. The number of hydrogen-bond donors (Lipinski definition) is 2. The maximum absolute atomic E-state index is 13.3. The largest absolute Gasteiger partial charge is 0.506 e. The van der Waals surface area contributed by atoms with Crippen molar-refractivity contribution in [2.75, 3.05) is 19.8 Å². The standard InChI is InChI=1S/C31H39FN2O4/c32-25-10-7-8-23(22-25)17-20-38-21-18-30(37)34(26-11-4-1-5-12-26)19-6-2-3-9-24-13-15-28(35)31-27(24)14-16-29(36)33-31/h7-8,10,13-16,22,26,35H,1-6,9,11-12,17-21H2,(H,33,36). The molecular formula is C31H39FN2O4. The van der Waals surface area contributed by atoms with Crippen molar-refractivity contribution in [1.29, 1.82) is 0 Å². The summed E-state index contributed by atoms with van der Waals surface area (Å²) in [5, 5.41) is 11.0. The smallest absolute Gasteiger partial charge is 0.248 e. The van der Waals surface area contributed by atoms with Crippen LogP contribution in [0.4, 0.5) is 4.39 Å². The van der Waals surface area contributed by atoms with Crippen molar-refractivity contribution < 1.29 is 19.0 Å². The molecule has 1 aliphatic carbocycles. The molecule has 0 atom stereocenters. The lowest BCUT2D eigenvalue weighted by Gasteiger charge is -2.34. The fourth-order valence-corrected chi connectivity index (χ4v) is 5.48. The van der Waals surface area contributed by atoms with E-state index in [1.165, 1.54) is 37.5 Å². The SMILES string of the molecule is O=C(CCOCCc1cccc(F)c1)N(CCCCCc1ccc(O)c2[nH]c(=O)ccc12)C1CCCCC1. The maximum atomic E-state index is 13.3. The van der Waals surface area contributed by atoms with E-state index in [9.17, 15) is 19.1 Å². The minimum absolute atomic E-state index is 0.0843. The highest BCUT2D eigenvalue weighted by atomic mass is 19.1. The summed E-state index contributed by atoms with van der Waals surface area (Å²) >= 11 is 0. The van der Waals surface area contributed by atoms with E-state index in [1.54, 1.807) is 18.2 Å². The van der Waals surface area contributed by atoms with E-state index in [1.807, 2.05) is 12.1 Å². The van der Waals surface area contributed by atoms with Gasteiger partial charge in [-0.05, 0) is 73.9 Å². The average molecular weight is 523 g/mol. The van der Waals surface area contributed by atoms with Crippen LogP contribution in [0.15, 0.2) is 53.3 Å². The van der Waals surface area contributed by atoms with Gasteiger partial charge in [0.2, 0.25) is 11.5 Å². The minimum atomic E-state index is -0.242. The number of fused-ring (bicyclic) bond motifs is 1. The molecule has 3 aromatic rings. The van der Waals surface area contributed by atoms with Crippen LogP contribution >= 0.6 is 0 Å². The van der Waals surface area contributed by atoms with Crippen LogP contribution in [0.5, 0.6) is 5.75 Å². The van der Waals surface area contributed by atoms with E-state index in [4.69, 9.17) is 4.74 Å². The molecule has 1 aromatic heterocycles. The third-order valence-electron chi connectivity index (χ3n) is 7.53. The van der Waals surface area contributed by atoms with E-state index >= 15 is 0 Å². The predicted molar refractivity (Wildman–Crippen MR) is 148 cm³/mol. The Labute approximate surface area is 223 Å². The Bertz CT molecular complexity index is 1250. The summed E-state index contributed by atoms with van der Waals surface area (Å²) in [6.45, 7) is 1.61.